The molecule has 3 aromatic rings. The van der Waals surface area contributed by atoms with Gasteiger partial charge in [0.25, 0.3) is 0 Å². The molecule has 0 amide bonds. The molecule has 2 aliphatic rings. The fraction of sp³-hybridized carbons (Fsp3) is 0.333. The largest absolute Gasteiger partial charge is 0.302 e. The second-order valence-electron chi connectivity index (χ2n) is 9.21. The van der Waals surface area contributed by atoms with Crippen molar-refractivity contribution >= 4 is 5.57 Å². The summed E-state index contributed by atoms with van der Waals surface area (Å²) in [5.41, 5.74) is 5.44. The molecule has 1 saturated carbocycles. The van der Waals surface area contributed by atoms with Crippen molar-refractivity contribution in [1.29, 1.82) is 0 Å². The van der Waals surface area contributed by atoms with E-state index in [4.69, 9.17) is 0 Å². The van der Waals surface area contributed by atoms with Crippen molar-refractivity contribution in [3.63, 3.8) is 0 Å². The second kappa shape index (κ2) is 10.3. The fourth-order valence-corrected chi connectivity index (χ4v) is 5.16. The van der Waals surface area contributed by atoms with Gasteiger partial charge in [-0.3, -0.25) is 4.90 Å². The zero-order valence-electron chi connectivity index (χ0n) is 18.9. The molecule has 5 rings (SSSR count). The van der Waals surface area contributed by atoms with E-state index >= 15 is 0 Å². The van der Waals surface area contributed by atoms with Gasteiger partial charge in [0.2, 0.25) is 0 Å². The summed E-state index contributed by atoms with van der Waals surface area (Å²) >= 11 is 0. The van der Waals surface area contributed by atoms with Crippen LogP contribution < -0.4 is 0 Å². The summed E-state index contributed by atoms with van der Waals surface area (Å²) in [5, 5.41) is 0. The molecule has 2 fully saturated rings. The van der Waals surface area contributed by atoms with Gasteiger partial charge < -0.3 is 4.90 Å². The summed E-state index contributed by atoms with van der Waals surface area (Å²) in [7, 11) is 0. The van der Waals surface area contributed by atoms with Gasteiger partial charge in [-0.05, 0) is 54.6 Å². The molecule has 2 heteroatoms. The van der Waals surface area contributed by atoms with E-state index in [0.717, 1.165) is 13.1 Å². The number of hydrogen-bond donors (Lipinski definition) is 0. The molecule has 0 bridgehead atoms. The minimum Gasteiger partial charge on any atom is -0.302 e. The highest BCUT2D eigenvalue weighted by Crippen LogP contribution is 2.44. The van der Waals surface area contributed by atoms with Crippen molar-refractivity contribution in [1.82, 2.24) is 9.80 Å². The van der Waals surface area contributed by atoms with Crippen molar-refractivity contribution in [3.8, 4) is 0 Å². The molecule has 2 atom stereocenters. The van der Waals surface area contributed by atoms with E-state index in [2.05, 4.69) is 107 Å². The molecular formula is C30H34N2. The third kappa shape index (κ3) is 5.20. The van der Waals surface area contributed by atoms with Gasteiger partial charge in [0.15, 0.2) is 0 Å². The van der Waals surface area contributed by atoms with Crippen molar-refractivity contribution in [2.45, 2.75) is 31.2 Å². The van der Waals surface area contributed by atoms with Crippen LogP contribution in [0.2, 0.25) is 0 Å². The lowest BCUT2D eigenvalue weighted by atomic mass is 9.97. The molecule has 1 aliphatic heterocycles. The number of nitrogens with zero attached hydrogens (tertiary/aromatic N) is 2. The van der Waals surface area contributed by atoms with Gasteiger partial charge in [-0.2, -0.15) is 0 Å². The molecule has 1 heterocycles. The predicted molar refractivity (Wildman–Crippen MR) is 135 cm³/mol. The van der Waals surface area contributed by atoms with Crippen molar-refractivity contribution in [3.05, 3.63) is 114 Å². The van der Waals surface area contributed by atoms with E-state index in [1.807, 2.05) is 0 Å². The van der Waals surface area contributed by atoms with Gasteiger partial charge in [0.05, 0.1) is 0 Å². The normalized spacial score (nSPS) is 20.4. The van der Waals surface area contributed by atoms with Gasteiger partial charge in [-0.25, -0.2) is 0 Å². The average molecular weight is 423 g/mol. The Balaban J connectivity index is 1.37. The molecule has 1 saturated heterocycles. The Bertz CT molecular complexity index is 949. The average Bonchev–Trinajstić information content (AvgIpc) is 3.48. The van der Waals surface area contributed by atoms with Gasteiger partial charge >= 0.3 is 0 Å². The molecular weight excluding hydrogens is 388 g/mol. The molecule has 32 heavy (non-hydrogen) atoms. The minimum absolute atomic E-state index is 0.657. The van der Waals surface area contributed by atoms with Crippen LogP contribution >= 0.6 is 0 Å². The molecule has 2 nitrogen and oxygen atoms in total. The first-order valence-corrected chi connectivity index (χ1v) is 12.2. The Morgan fingerprint density at radius 2 is 1.34 bits per heavy atom. The smallest absolute Gasteiger partial charge is 0.0176 e. The van der Waals surface area contributed by atoms with Crippen LogP contribution in [0, 0.1) is 0 Å². The van der Waals surface area contributed by atoms with Crippen LogP contribution in [0.3, 0.4) is 0 Å². The molecule has 0 aromatic heterocycles. The van der Waals surface area contributed by atoms with Gasteiger partial charge in [0.1, 0.15) is 0 Å². The first kappa shape index (κ1) is 21.2. The Hall–Kier alpha value is -2.68. The van der Waals surface area contributed by atoms with Crippen LogP contribution in [-0.2, 0) is 0 Å². The fourth-order valence-electron chi connectivity index (χ4n) is 5.16. The zero-order chi connectivity index (χ0) is 21.6. The third-order valence-corrected chi connectivity index (χ3v) is 7.06. The van der Waals surface area contributed by atoms with Crippen LogP contribution in [-0.4, -0.2) is 48.6 Å². The Morgan fingerprint density at radius 3 is 1.94 bits per heavy atom. The van der Waals surface area contributed by atoms with E-state index in [1.165, 1.54) is 61.2 Å². The summed E-state index contributed by atoms with van der Waals surface area (Å²) in [6.07, 6.45) is 6.48. The summed E-state index contributed by atoms with van der Waals surface area (Å²) < 4.78 is 0. The van der Waals surface area contributed by atoms with Crippen LogP contribution in [0.4, 0.5) is 0 Å². The highest BCUT2D eigenvalue weighted by atomic mass is 15.2. The van der Waals surface area contributed by atoms with E-state index in [0.29, 0.717) is 12.0 Å². The van der Waals surface area contributed by atoms with Crippen LogP contribution in [0.15, 0.2) is 97.1 Å². The lowest BCUT2D eigenvalue weighted by Crippen LogP contribution is -2.36. The maximum Gasteiger partial charge on any atom is 0.0176 e. The van der Waals surface area contributed by atoms with Gasteiger partial charge in [-0.1, -0.05) is 97.1 Å². The molecule has 0 spiro atoms. The lowest BCUT2D eigenvalue weighted by molar-refractivity contribution is 0.231. The molecule has 164 valence electrons. The van der Waals surface area contributed by atoms with E-state index in [9.17, 15) is 0 Å². The highest BCUT2D eigenvalue weighted by Gasteiger charge is 2.42. The second-order valence-corrected chi connectivity index (χ2v) is 9.21. The zero-order valence-corrected chi connectivity index (χ0v) is 18.9. The molecule has 1 aliphatic carbocycles. The molecule has 0 radical (unpaired) electrons. The minimum atomic E-state index is 0.657. The first-order chi connectivity index (χ1) is 15.9. The maximum atomic E-state index is 2.74. The summed E-state index contributed by atoms with van der Waals surface area (Å²) in [4.78, 5) is 5.38. The van der Waals surface area contributed by atoms with Crippen LogP contribution in [0.5, 0.6) is 0 Å². The van der Waals surface area contributed by atoms with Gasteiger partial charge in [0, 0.05) is 31.6 Å². The van der Waals surface area contributed by atoms with E-state index < -0.39 is 0 Å². The quantitative estimate of drug-likeness (QED) is 0.413. The Morgan fingerprint density at radius 1 is 0.781 bits per heavy atom. The van der Waals surface area contributed by atoms with Crippen LogP contribution in [0.1, 0.15) is 41.9 Å². The predicted octanol–water partition coefficient (Wildman–Crippen LogP) is 6.07. The highest BCUT2D eigenvalue weighted by molar-refractivity contribution is 5.79. The first-order valence-electron chi connectivity index (χ1n) is 12.2. The lowest BCUT2D eigenvalue weighted by Gasteiger charge is -2.25. The van der Waals surface area contributed by atoms with Gasteiger partial charge in [-0.15, -0.1) is 0 Å². The number of likely N-dealkylation sites (tertiary alicyclic amines) is 1. The third-order valence-electron chi connectivity index (χ3n) is 7.06. The maximum absolute atomic E-state index is 2.74. The molecule has 3 aromatic carbocycles. The Labute approximate surface area is 193 Å². The van der Waals surface area contributed by atoms with E-state index in [1.54, 1.807) is 0 Å². The van der Waals surface area contributed by atoms with Crippen molar-refractivity contribution in [2.24, 2.45) is 0 Å². The van der Waals surface area contributed by atoms with Crippen molar-refractivity contribution in [2.75, 3.05) is 32.7 Å². The number of benzene rings is 3. The van der Waals surface area contributed by atoms with E-state index in [-0.39, 0.29) is 0 Å². The number of rotatable bonds is 9. The number of hydrogen-bond acceptors (Lipinski definition) is 2. The SMILES string of the molecule is C(CN(CCN1CCCC1)C1CC1c1ccccc1)=C(c1ccccc1)c1ccccc1. The summed E-state index contributed by atoms with van der Waals surface area (Å²) in [6, 6.07) is 33.5. The Kier molecular flexibility index (Phi) is 6.81. The van der Waals surface area contributed by atoms with Crippen LogP contribution in [0.25, 0.3) is 5.57 Å². The summed E-state index contributed by atoms with van der Waals surface area (Å²) in [6.45, 7) is 5.89. The monoisotopic (exact) mass is 422 g/mol. The van der Waals surface area contributed by atoms with Crippen molar-refractivity contribution < 1.29 is 0 Å². The standard InChI is InChI=1S/C30H34N2/c1-4-12-25(13-5-1)28(26-14-6-2-7-15-26)18-21-32(23-22-31-19-10-11-20-31)30-24-29(30)27-16-8-3-9-17-27/h1-9,12-18,29-30H,10-11,19-24H2. The summed E-state index contributed by atoms with van der Waals surface area (Å²) in [5.74, 6) is 0.681. The molecule has 0 N–H and O–H groups in total. The molecule has 2 unspecified atom stereocenters. The topological polar surface area (TPSA) is 6.48 Å².